The minimum absolute atomic E-state index is 0.0104. The van der Waals surface area contributed by atoms with Crippen molar-refractivity contribution in [2.24, 2.45) is 5.92 Å². The van der Waals surface area contributed by atoms with Gasteiger partial charge < -0.3 is 10.2 Å². The average Bonchev–Trinajstić information content (AvgIpc) is 2.51. The van der Waals surface area contributed by atoms with Gasteiger partial charge in [-0.3, -0.25) is 4.79 Å². The number of piperidine rings is 1. The summed E-state index contributed by atoms with van der Waals surface area (Å²) in [5.41, 5.74) is 0.535. The molecule has 1 saturated carbocycles. The Morgan fingerprint density at radius 2 is 1.82 bits per heavy atom. The minimum Gasteiger partial charge on any atom is -0.324 e. The first-order valence-corrected chi connectivity index (χ1v) is 8.99. The molecule has 1 saturated heterocycles. The van der Waals surface area contributed by atoms with Crippen molar-refractivity contribution in [3.05, 3.63) is 28.2 Å². The zero-order chi connectivity index (χ0) is 15.5. The number of halogens is 2. The molecule has 1 aliphatic carbocycles. The number of quaternary nitrogens is 1. The van der Waals surface area contributed by atoms with Gasteiger partial charge in [-0.25, -0.2) is 0 Å². The molecule has 1 amide bonds. The fourth-order valence-corrected chi connectivity index (χ4v) is 4.59. The van der Waals surface area contributed by atoms with Crippen molar-refractivity contribution in [2.75, 3.05) is 18.4 Å². The summed E-state index contributed by atoms with van der Waals surface area (Å²) in [6, 6.07) is 5.93. The highest BCUT2D eigenvalue weighted by molar-refractivity contribution is 6.39. The Kier molecular flexibility index (Phi) is 5.27. The lowest BCUT2D eigenvalue weighted by molar-refractivity contribution is -0.928. The van der Waals surface area contributed by atoms with Crippen molar-refractivity contribution in [3.63, 3.8) is 0 Å². The van der Waals surface area contributed by atoms with E-state index in [-0.39, 0.29) is 5.91 Å². The molecule has 0 spiro atoms. The number of hydrogen-bond donors (Lipinski definition) is 2. The summed E-state index contributed by atoms with van der Waals surface area (Å²) in [7, 11) is 0. The number of para-hydroxylation sites is 1. The zero-order valence-electron chi connectivity index (χ0n) is 12.7. The third kappa shape index (κ3) is 3.58. The molecule has 1 heterocycles. The smallest absolute Gasteiger partial charge is 0.279 e. The lowest BCUT2D eigenvalue weighted by atomic mass is 9.78. The van der Waals surface area contributed by atoms with Crippen LogP contribution in [0.1, 0.15) is 38.5 Å². The van der Waals surface area contributed by atoms with Crippen molar-refractivity contribution in [3.8, 4) is 0 Å². The van der Waals surface area contributed by atoms with Crippen LogP contribution in [0.3, 0.4) is 0 Å². The van der Waals surface area contributed by atoms with E-state index in [0.717, 1.165) is 12.5 Å². The van der Waals surface area contributed by atoms with E-state index >= 15 is 0 Å². The van der Waals surface area contributed by atoms with Crippen LogP contribution in [0.2, 0.25) is 10.0 Å². The van der Waals surface area contributed by atoms with E-state index in [1.165, 1.54) is 43.4 Å². The molecule has 22 heavy (non-hydrogen) atoms. The lowest BCUT2D eigenvalue weighted by Crippen LogP contribution is -3.18. The second kappa shape index (κ2) is 7.20. The molecule has 5 heteroatoms. The fourth-order valence-electron chi connectivity index (χ4n) is 4.09. The van der Waals surface area contributed by atoms with Gasteiger partial charge in [0.15, 0.2) is 6.54 Å². The van der Waals surface area contributed by atoms with Gasteiger partial charge in [0.1, 0.15) is 0 Å². The number of fused-ring (bicyclic) bond motifs is 1. The first-order chi connectivity index (χ1) is 10.6. The zero-order valence-corrected chi connectivity index (χ0v) is 14.2. The second-order valence-corrected chi connectivity index (χ2v) is 7.34. The molecular weight excluding hydrogens is 319 g/mol. The van der Waals surface area contributed by atoms with Gasteiger partial charge in [0.05, 0.1) is 28.3 Å². The van der Waals surface area contributed by atoms with E-state index in [2.05, 4.69) is 5.32 Å². The predicted octanol–water partition coefficient (Wildman–Crippen LogP) is 3.17. The number of hydrogen-bond acceptors (Lipinski definition) is 1. The summed E-state index contributed by atoms with van der Waals surface area (Å²) in [5.74, 6) is 0.824. The molecule has 0 bridgehead atoms. The first kappa shape index (κ1) is 16.1. The Morgan fingerprint density at radius 3 is 2.59 bits per heavy atom. The maximum atomic E-state index is 12.4. The van der Waals surface area contributed by atoms with E-state index in [1.54, 1.807) is 18.2 Å². The van der Waals surface area contributed by atoms with Crippen molar-refractivity contribution in [1.82, 2.24) is 0 Å². The van der Waals surface area contributed by atoms with Crippen LogP contribution < -0.4 is 10.2 Å². The SMILES string of the molecule is O=C(C[NH+]1CCC[C@@H]2CCCC[C@@H]21)Nc1c(Cl)cccc1Cl. The van der Waals surface area contributed by atoms with Crippen LogP contribution in [-0.2, 0) is 4.79 Å². The molecule has 2 N–H and O–H groups in total. The number of carbonyl (C=O) groups excluding carboxylic acids is 1. The molecule has 1 aromatic carbocycles. The van der Waals surface area contributed by atoms with Crippen LogP contribution in [0, 0.1) is 5.92 Å². The number of anilines is 1. The molecule has 0 aromatic heterocycles. The molecule has 1 unspecified atom stereocenters. The maximum Gasteiger partial charge on any atom is 0.279 e. The number of likely N-dealkylation sites (tertiary alicyclic amines) is 1. The quantitative estimate of drug-likeness (QED) is 0.869. The van der Waals surface area contributed by atoms with Gasteiger partial charge in [-0.05, 0) is 44.2 Å². The number of nitrogens with one attached hydrogen (secondary N) is 2. The Hall–Kier alpha value is -0.770. The van der Waals surface area contributed by atoms with Crippen molar-refractivity contribution >= 4 is 34.8 Å². The summed E-state index contributed by atoms with van der Waals surface area (Å²) in [5, 5.41) is 3.88. The summed E-state index contributed by atoms with van der Waals surface area (Å²) in [6.07, 6.45) is 7.84. The molecule has 1 aromatic rings. The van der Waals surface area contributed by atoms with E-state index < -0.39 is 0 Å². The summed E-state index contributed by atoms with van der Waals surface area (Å²) >= 11 is 12.2. The average molecular weight is 342 g/mol. The normalized spacial score (nSPS) is 28.0. The van der Waals surface area contributed by atoms with Crippen molar-refractivity contribution in [1.29, 1.82) is 0 Å². The van der Waals surface area contributed by atoms with Gasteiger partial charge in [0.25, 0.3) is 5.91 Å². The van der Waals surface area contributed by atoms with E-state index in [1.807, 2.05) is 0 Å². The molecule has 3 atom stereocenters. The van der Waals surface area contributed by atoms with Gasteiger partial charge >= 0.3 is 0 Å². The Balaban J connectivity index is 1.63. The summed E-state index contributed by atoms with van der Waals surface area (Å²) < 4.78 is 0. The third-order valence-electron chi connectivity index (χ3n) is 5.12. The van der Waals surface area contributed by atoms with Crippen LogP contribution in [0.4, 0.5) is 5.69 Å². The van der Waals surface area contributed by atoms with Crippen LogP contribution in [0.25, 0.3) is 0 Å². The monoisotopic (exact) mass is 341 g/mol. The lowest BCUT2D eigenvalue weighted by Gasteiger charge is -2.40. The first-order valence-electron chi connectivity index (χ1n) is 8.23. The minimum atomic E-state index is 0.0104. The Labute approximate surface area is 142 Å². The number of carbonyl (C=O) groups is 1. The molecule has 2 fully saturated rings. The molecule has 120 valence electrons. The summed E-state index contributed by atoms with van der Waals surface area (Å²) in [6.45, 7) is 1.62. The highest BCUT2D eigenvalue weighted by atomic mass is 35.5. The number of amides is 1. The van der Waals surface area contributed by atoms with Gasteiger partial charge in [0.2, 0.25) is 0 Å². The highest BCUT2D eigenvalue weighted by Crippen LogP contribution is 2.30. The topological polar surface area (TPSA) is 33.5 Å². The number of benzene rings is 1. The Morgan fingerprint density at radius 1 is 1.14 bits per heavy atom. The standard InChI is InChI=1S/C17H22Cl2N2O/c18-13-7-3-8-14(19)17(13)20-16(22)11-21-10-4-6-12-5-1-2-9-15(12)21/h3,7-8,12,15H,1-2,4-6,9-11H2,(H,20,22)/p+1/t12-,15-/m0/s1. The molecule has 1 aliphatic heterocycles. The highest BCUT2D eigenvalue weighted by Gasteiger charge is 2.37. The largest absolute Gasteiger partial charge is 0.324 e. The Bertz CT molecular complexity index is 527. The molecule has 2 aliphatic rings. The molecule has 3 nitrogen and oxygen atoms in total. The van der Waals surface area contributed by atoms with E-state index in [9.17, 15) is 4.79 Å². The van der Waals surface area contributed by atoms with Gasteiger partial charge in [-0.1, -0.05) is 35.7 Å². The predicted molar refractivity (Wildman–Crippen MR) is 90.8 cm³/mol. The second-order valence-electron chi connectivity index (χ2n) is 6.52. The van der Waals surface area contributed by atoms with Crippen LogP contribution in [-0.4, -0.2) is 25.0 Å². The molecular formula is C17H23Cl2N2O+. The summed E-state index contributed by atoms with van der Waals surface area (Å²) in [4.78, 5) is 13.9. The van der Waals surface area contributed by atoms with Gasteiger partial charge in [0, 0.05) is 5.92 Å². The molecule has 3 rings (SSSR count). The maximum absolute atomic E-state index is 12.4. The third-order valence-corrected chi connectivity index (χ3v) is 5.75. The van der Waals surface area contributed by atoms with E-state index in [4.69, 9.17) is 23.2 Å². The van der Waals surface area contributed by atoms with Crippen LogP contribution in [0.15, 0.2) is 18.2 Å². The number of rotatable bonds is 3. The van der Waals surface area contributed by atoms with Gasteiger partial charge in [-0.2, -0.15) is 0 Å². The fraction of sp³-hybridized carbons (Fsp3) is 0.588. The van der Waals surface area contributed by atoms with Gasteiger partial charge in [-0.15, -0.1) is 0 Å². The van der Waals surface area contributed by atoms with Crippen molar-refractivity contribution in [2.45, 2.75) is 44.6 Å². The van der Waals surface area contributed by atoms with Crippen molar-refractivity contribution < 1.29 is 9.69 Å². The van der Waals surface area contributed by atoms with Crippen LogP contribution in [0.5, 0.6) is 0 Å². The van der Waals surface area contributed by atoms with Crippen LogP contribution >= 0.6 is 23.2 Å². The van der Waals surface area contributed by atoms with E-state index in [0.29, 0.717) is 28.3 Å². The molecule has 0 radical (unpaired) electrons.